The minimum absolute atomic E-state index is 0.200. The number of carbonyl (C=O) groups excluding carboxylic acids is 1. The van der Waals surface area contributed by atoms with Gasteiger partial charge in [0.25, 0.3) is 0 Å². The van der Waals surface area contributed by atoms with Crippen molar-refractivity contribution in [2.24, 2.45) is 0 Å². The first-order valence-electron chi connectivity index (χ1n) is 7.09. The molecule has 4 nitrogen and oxygen atoms in total. The highest BCUT2D eigenvalue weighted by Crippen LogP contribution is 2.19. The predicted octanol–water partition coefficient (Wildman–Crippen LogP) is 3.26. The number of aliphatic hydroxyl groups excluding tert-OH is 1. The molecule has 23 heavy (non-hydrogen) atoms. The molecule has 1 aromatic carbocycles. The molecule has 0 bridgehead atoms. The summed E-state index contributed by atoms with van der Waals surface area (Å²) in [6.07, 6.45) is -1.14. The largest absolute Gasteiger partial charge is 0.386 e. The number of halogens is 2. The number of hydrogen-bond donors (Lipinski definition) is 3. The van der Waals surface area contributed by atoms with E-state index in [1.165, 1.54) is 6.07 Å². The molecular weight excluding hydrogens is 322 g/mol. The van der Waals surface area contributed by atoms with Gasteiger partial charge in [0, 0.05) is 4.88 Å². The number of benzene rings is 1. The van der Waals surface area contributed by atoms with Crippen molar-refractivity contribution in [2.75, 3.05) is 0 Å². The monoisotopic (exact) mass is 340 g/mol. The fourth-order valence-electron chi connectivity index (χ4n) is 2.07. The molecule has 1 heterocycles. The van der Waals surface area contributed by atoms with Crippen molar-refractivity contribution < 1.29 is 18.7 Å². The standard InChI is InChI=1S/C16H18F2N2O2S/c1-9-5-6-23-14(9)8-19-16(22)20-10(2)15(21)11-3-4-12(17)13(18)7-11/h3-7,10,15,21H,8H2,1-2H3,(H2,19,20,22). The van der Waals surface area contributed by atoms with E-state index >= 15 is 0 Å². The number of hydrogen-bond acceptors (Lipinski definition) is 3. The summed E-state index contributed by atoms with van der Waals surface area (Å²) in [7, 11) is 0. The summed E-state index contributed by atoms with van der Waals surface area (Å²) in [5.41, 5.74) is 1.30. The van der Waals surface area contributed by atoms with Gasteiger partial charge in [0.15, 0.2) is 11.6 Å². The Morgan fingerprint density at radius 3 is 2.65 bits per heavy atom. The van der Waals surface area contributed by atoms with E-state index in [9.17, 15) is 18.7 Å². The molecule has 0 fully saturated rings. The Morgan fingerprint density at radius 2 is 2.04 bits per heavy atom. The topological polar surface area (TPSA) is 61.4 Å². The van der Waals surface area contributed by atoms with Crippen molar-refractivity contribution in [3.63, 3.8) is 0 Å². The van der Waals surface area contributed by atoms with Crippen LogP contribution in [-0.2, 0) is 6.54 Å². The van der Waals surface area contributed by atoms with Gasteiger partial charge in [0.05, 0.1) is 18.7 Å². The van der Waals surface area contributed by atoms with Crippen molar-refractivity contribution in [2.45, 2.75) is 32.5 Å². The van der Waals surface area contributed by atoms with Crippen LogP contribution in [0.2, 0.25) is 0 Å². The maximum Gasteiger partial charge on any atom is 0.315 e. The molecule has 2 atom stereocenters. The van der Waals surface area contributed by atoms with Crippen LogP contribution in [0.4, 0.5) is 13.6 Å². The third-order valence-corrected chi connectivity index (χ3v) is 4.52. The number of nitrogens with one attached hydrogen (secondary N) is 2. The highest BCUT2D eigenvalue weighted by Gasteiger charge is 2.19. The van der Waals surface area contributed by atoms with E-state index in [1.807, 2.05) is 18.4 Å². The van der Waals surface area contributed by atoms with E-state index < -0.39 is 29.8 Å². The number of aliphatic hydroxyl groups is 1. The van der Waals surface area contributed by atoms with Gasteiger partial charge >= 0.3 is 6.03 Å². The van der Waals surface area contributed by atoms with Crippen LogP contribution in [-0.4, -0.2) is 17.2 Å². The first-order chi connectivity index (χ1) is 10.9. The lowest BCUT2D eigenvalue weighted by Crippen LogP contribution is -2.43. The smallest absolute Gasteiger partial charge is 0.315 e. The van der Waals surface area contributed by atoms with Crippen molar-refractivity contribution >= 4 is 17.4 Å². The summed E-state index contributed by atoms with van der Waals surface area (Å²) >= 11 is 1.55. The van der Waals surface area contributed by atoms with Gasteiger partial charge in [-0.25, -0.2) is 13.6 Å². The lowest BCUT2D eigenvalue weighted by Gasteiger charge is -2.21. The molecule has 3 N–H and O–H groups in total. The molecule has 2 unspecified atom stereocenters. The molecule has 0 radical (unpaired) electrons. The van der Waals surface area contributed by atoms with Crippen LogP contribution in [0.15, 0.2) is 29.6 Å². The van der Waals surface area contributed by atoms with Gasteiger partial charge in [-0.05, 0) is 48.6 Å². The Hall–Kier alpha value is -1.99. The number of urea groups is 1. The molecule has 0 saturated carbocycles. The number of carbonyl (C=O) groups is 1. The third kappa shape index (κ3) is 4.49. The van der Waals surface area contributed by atoms with Gasteiger partial charge < -0.3 is 15.7 Å². The normalized spacial score (nSPS) is 13.4. The summed E-state index contributed by atoms with van der Waals surface area (Å²) in [4.78, 5) is 12.9. The molecule has 0 aliphatic carbocycles. The van der Waals surface area contributed by atoms with E-state index in [2.05, 4.69) is 10.6 Å². The van der Waals surface area contributed by atoms with E-state index in [-0.39, 0.29) is 5.56 Å². The summed E-state index contributed by atoms with van der Waals surface area (Å²) < 4.78 is 26.1. The number of rotatable bonds is 5. The van der Waals surface area contributed by atoms with Gasteiger partial charge in [-0.3, -0.25) is 0 Å². The molecule has 0 spiro atoms. The molecule has 1 aromatic heterocycles. The van der Waals surface area contributed by atoms with Gasteiger partial charge in [0.2, 0.25) is 0 Å². The van der Waals surface area contributed by atoms with Crippen molar-refractivity contribution in [1.82, 2.24) is 10.6 Å². The average molecular weight is 340 g/mol. The molecule has 2 rings (SSSR count). The van der Waals surface area contributed by atoms with E-state index in [1.54, 1.807) is 18.3 Å². The molecule has 0 aliphatic heterocycles. The minimum Gasteiger partial charge on any atom is -0.386 e. The van der Waals surface area contributed by atoms with E-state index in [0.717, 1.165) is 22.6 Å². The molecule has 0 aliphatic rings. The molecule has 2 amide bonds. The fourth-order valence-corrected chi connectivity index (χ4v) is 2.91. The van der Waals surface area contributed by atoms with E-state index in [4.69, 9.17) is 0 Å². The van der Waals surface area contributed by atoms with Crippen LogP contribution < -0.4 is 10.6 Å². The second-order valence-electron chi connectivity index (χ2n) is 5.26. The lowest BCUT2D eigenvalue weighted by atomic mass is 10.0. The van der Waals surface area contributed by atoms with Crippen LogP contribution in [0, 0.1) is 18.6 Å². The zero-order valence-electron chi connectivity index (χ0n) is 12.8. The van der Waals surface area contributed by atoms with Crippen LogP contribution in [0.1, 0.15) is 29.0 Å². The van der Waals surface area contributed by atoms with Gasteiger partial charge in [0.1, 0.15) is 0 Å². The van der Waals surface area contributed by atoms with Gasteiger partial charge in [-0.15, -0.1) is 11.3 Å². The van der Waals surface area contributed by atoms with Crippen molar-refractivity contribution in [1.29, 1.82) is 0 Å². The summed E-state index contributed by atoms with van der Waals surface area (Å²) in [5, 5.41) is 17.3. The SMILES string of the molecule is Cc1ccsc1CNC(=O)NC(C)C(O)c1ccc(F)c(F)c1. The Morgan fingerprint density at radius 1 is 1.30 bits per heavy atom. The molecule has 2 aromatic rings. The van der Waals surface area contributed by atoms with Crippen LogP contribution in [0.5, 0.6) is 0 Å². The lowest BCUT2D eigenvalue weighted by molar-refractivity contribution is 0.137. The second-order valence-corrected chi connectivity index (χ2v) is 6.26. The Kier molecular flexibility index (Phi) is 5.68. The summed E-state index contributed by atoms with van der Waals surface area (Å²) in [6.45, 7) is 3.94. The maximum absolute atomic E-state index is 13.2. The van der Waals surface area contributed by atoms with Gasteiger partial charge in [-0.1, -0.05) is 6.07 Å². The van der Waals surface area contributed by atoms with Crippen molar-refractivity contribution in [3.05, 3.63) is 57.3 Å². The molecule has 124 valence electrons. The fraction of sp³-hybridized carbons (Fsp3) is 0.312. The number of aryl methyl sites for hydroxylation is 1. The first-order valence-corrected chi connectivity index (χ1v) is 7.96. The molecular formula is C16H18F2N2O2S. The Bertz CT molecular complexity index is 690. The number of amides is 2. The summed E-state index contributed by atoms with van der Waals surface area (Å²) in [5.74, 6) is -2.02. The quantitative estimate of drug-likeness (QED) is 0.782. The molecule has 0 saturated heterocycles. The predicted molar refractivity (Wildman–Crippen MR) is 85.2 cm³/mol. The average Bonchev–Trinajstić information content (AvgIpc) is 2.92. The highest BCUT2D eigenvalue weighted by atomic mass is 32.1. The second kappa shape index (κ2) is 7.52. The summed E-state index contributed by atoms with van der Waals surface area (Å²) in [6, 6.07) is 4.02. The molecule has 7 heteroatoms. The zero-order valence-corrected chi connectivity index (χ0v) is 13.6. The zero-order chi connectivity index (χ0) is 17.0. The number of thiophene rings is 1. The highest BCUT2D eigenvalue weighted by molar-refractivity contribution is 7.10. The van der Waals surface area contributed by atoms with Crippen LogP contribution in [0.3, 0.4) is 0 Å². The maximum atomic E-state index is 13.2. The van der Waals surface area contributed by atoms with E-state index in [0.29, 0.717) is 6.54 Å². The van der Waals surface area contributed by atoms with Crippen LogP contribution >= 0.6 is 11.3 Å². The van der Waals surface area contributed by atoms with Crippen LogP contribution in [0.25, 0.3) is 0 Å². The van der Waals surface area contributed by atoms with Crippen molar-refractivity contribution in [3.8, 4) is 0 Å². The van der Waals surface area contributed by atoms with Gasteiger partial charge in [-0.2, -0.15) is 0 Å². The Balaban J connectivity index is 1.89. The first kappa shape index (κ1) is 17.4. The minimum atomic E-state index is -1.14. The third-order valence-electron chi connectivity index (χ3n) is 3.50. The Labute approximate surface area is 137 Å².